The van der Waals surface area contributed by atoms with E-state index in [0.29, 0.717) is 5.76 Å². The Morgan fingerprint density at radius 2 is 2.14 bits per heavy atom. The van der Waals surface area contributed by atoms with Crippen molar-refractivity contribution in [1.29, 1.82) is 0 Å². The molecule has 1 atom stereocenters. The normalized spacial score (nSPS) is 24.9. The van der Waals surface area contributed by atoms with E-state index < -0.39 is 0 Å². The van der Waals surface area contributed by atoms with Crippen LogP contribution in [0.1, 0.15) is 6.92 Å². The summed E-state index contributed by atoms with van der Waals surface area (Å²) in [4.78, 5) is 1.26. The molecule has 2 N–H and O–H groups in total. The van der Waals surface area contributed by atoms with E-state index in [1.807, 2.05) is 0 Å². The molecule has 2 nitrogen and oxygen atoms in total. The lowest BCUT2D eigenvalue weighted by molar-refractivity contribution is -0.797. The van der Waals surface area contributed by atoms with Crippen molar-refractivity contribution >= 4 is 15.9 Å². The van der Waals surface area contributed by atoms with Gasteiger partial charge in [-0.1, -0.05) is 0 Å². The van der Waals surface area contributed by atoms with E-state index >= 15 is 0 Å². The summed E-state index contributed by atoms with van der Waals surface area (Å²) < 4.78 is 0.865. The SMILES string of the molecule is CC1=CC2=CC(O)=C(Br)C[NH+]2C=C1.[Br-]. The number of allylic oxidation sites excluding steroid dienone is 4. The first kappa shape index (κ1) is 11.8. The molecule has 14 heavy (non-hydrogen) atoms. The molecule has 0 saturated heterocycles. The molecule has 0 aromatic heterocycles. The number of quaternary nitrogens is 1. The number of hydrogen-bond donors (Lipinski definition) is 2. The van der Waals surface area contributed by atoms with Crippen LogP contribution in [0.25, 0.3) is 0 Å². The van der Waals surface area contributed by atoms with Crippen molar-refractivity contribution in [3.63, 3.8) is 0 Å². The minimum atomic E-state index is 0. The van der Waals surface area contributed by atoms with Gasteiger partial charge < -0.3 is 22.1 Å². The smallest absolute Gasteiger partial charge is 0.140 e. The van der Waals surface area contributed by atoms with Gasteiger partial charge in [-0.3, -0.25) is 4.90 Å². The van der Waals surface area contributed by atoms with E-state index in [1.54, 1.807) is 6.08 Å². The van der Waals surface area contributed by atoms with Gasteiger partial charge in [-0.25, -0.2) is 0 Å². The maximum atomic E-state index is 9.49. The number of fused-ring (bicyclic) bond motifs is 1. The highest BCUT2D eigenvalue weighted by Gasteiger charge is 2.22. The van der Waals surface area contributed by atoms with Gasteiger partial charge in [0.05, 0.1) is 10.7 Å². The van der Waals surface area contributed by atoms with E-state index in [4.69, 9.17) is 0 Å². The fourth-order valence-corrected chi connectivity index (χ4v) is 1.91. The highest BCUT2D eigenvalue weighted by Crippen LogP contribution is 2.16. The highest BCUT2D eigenvalue weighted by molar-refractivity contribution is 9.11. The van der Waals surface area contributed by atoms with Gasteiger partial charge in [-0.05, 0) is 34.5 Å². The summed E-state index contributed by atoms with van der Waals surface area (Å²) in [7, 11) is 0. The highest BCUT2D eigenvalue weighted by atomic mass is 79.9. The fourth-order valence-electron chi connectivity index (χ4n) is 1.49. The molecule has 1 unspecified atom stereocenters. The summed E-state index contributed by atoms with van der Waals surface area (Å²) in [5.41, 5.74) is 2.35. The van der Waals surface area contributed by atoms with E-state index in [0.717, 1.165) is 16.7 Å². The molecule has 2 heterocycles. The predicted molar refractivity (Wildman–Crippen MR) is 55.4 cm³/mol. The van der Waals surface area contributed by atoms with Crippen LogP contribution in [-0.2, 0) is 0 Å². The summed E-state index contributed by atoms with van der Waals surface area (Å²) in [6, 6.07) is 0. The van der Waals surface area contributed by atoms with Crippen LogP contribution in [0.5, 0.6) is 0 Å². The molecule has 0 aromatic carbocycles. The summed E-state index contributed by atoms with van der Waals surface area (Å²) in [5, 5.41) is 9.49. The summed E-state index contributed by atoms with van der Waals surface area (Å²) in [6.07, 6.45) is 8.09. The molecule has 0 aromatic rings. The molecule has 0 spiro atoms. The lowest BCUT2D eigenvalue weighted by atomic mass is 10.1. The summed E-state index contributed by atoms with van der Waals surface area (Å²) >= 11 is 3.34. The van der Waals surface area contributed by atoms with E-state index in [9.17, 15) is 5.11 Å². The maximum absolute atomic E-state index is 9.49. The van der Waals surface area contributed by atoms with Gasteiger partial charge in [0, 0.05) is 12.2 Å². The van der Waals surface area contributed by atoms with Crippen LogP contribution in [0.15, 0.2) is 45.9 Å². The Morgan fingerprint density at radius 3 is 2.86 bits per heavy atom. The van der Waals surface area contributed by atoms with Crippen molar-refractivity contribution in [3.8, 4) is 0 Å². The third-order valence-electron chi connectivity index (χ3n) is 2.22. The molecular formula is C10H11Br2NO. The Hall–Kier alpha value is -0.320. The van der Waals surface area contributed by atoms with Crippen molar-refractivity contribution in [3.05, 3.63) is 45.9 Å². The van der Waals surface area contributed by atoms with Crippen molar-refractivity contribution in [2.75, 3.05) is 6.54 Å². The topological polar surface area (TPSA) is 24.7 Å². The van der Waals surface area contributed by atoms with Gasteiger partial charge in [-0.15, -0.1) is 0 Å². The second-order valence-electron chi connectivity index (χ2n) is 3.31. The van der Waals surface area contributed by atoms with Gasteiger partial charge in [0.15, 0.2) is 0 Å². The Labute approximate surface area is 102 Å². The summed E-state index contributed by atoms with van der Waals surface area (Å²) in [5.74, 6) is 0.345. The molecule has 2 aliphatic rings. The second kappa shape index (κ2) is 4.47. The first-order valence-electron chi connectivity index (χ1n) is 4.19. The molecule has 76 valence electrons. The molecular weight excluding hydrogens is 310 g/mol. The Bertz CT molecular complexity index is 366. The molecule has 0 radical (unpaired) electrons. The third kappa shape index (κ3) is 2.19. The van der Waals surface area contributed by atoms with Crippen LogP contribution in [0, 0.1) is 0 Å². The summed E-state index contributed by atoms with van der Waals surface area (Å²) in [6.45, 7) is 2.84. The predicted octanol–water partition coefficient (Wildman–Crippen LogP) is -1.59. The quantitative estimate of drug-likeness (QED) is 0.553. The van der Waals surface area contributed by atoms with Crippen molar-refractivity contribution in [1.82, 2.24) is 0 Å². The third-order valence-corrected chi connectivity index (χ3v) is 2.90. The average molecular weight is 321 g/mol. The maximum Gasteiger partial charge on any atom is 0.140 e. The average Bonchev–Trinajstić information content (AvgIpc) is 2.08. The molecule has 0 aliphatic carbocycles. The van der Waals surface area contributed by atoms with E-state index in [2.05, 4.69) is 41.2 Å². The number of aliphatic hydroxyl groups excluding tert-OH is 1. The van der Waals surface area contributed by atoms with Gasteiger partial charge in [0.1, 0.15) is 18.0 Å². The Morgan fingerprint density at radius 1 is 1.43 bits per heavy atom. The molecule has 0 bridgehead atoms. The van der Waals surface area contributed by atoms with Crippen molar-refractivity contribution in [2.45, 2.75) is 6.92 Å². The van der Waals surface area contributed by atoms with Crippen LogP contribution in [0.3, 0.4) is 0 Å². The van der Waals surface area contributed by atoms with Gasteiger partial charge >= 0.3 is 0 Å². The van der Waals surface area contributed by atoms with E-state index in [-0.39, 0.29) is 17.0 Å². The van der Waals surface area contributed by atoms with Gasteiger partial charge in [0.25, 0.3) is 0 Å². The molecule has 2 aliphatic heterocycles. The Balaban J connectivity index is 0.000000980. The zero-order valence-corrected chi connectivity index (χ0v) is 10.9. The minimum Gasteiger partial charge on any atom is -1.00 e. The number of nitrogens with one attached hydrogen (secondary N) is 1. The van der Waals surface area contributed by atoms with Gasteiger partial charge in [-0.2, -0.15) is 0 Å². The number of aliphatic hydroxyl groups is 1. The monoisotopic (exact) mass is 319 g/mol. The van der Waals surface area contributed by atoms with Crippen LogP contribution < -0.4 is 21.9 Å². The minimum absolute atomic E-state index is 0. The fraction of sp³-hybridized carbons (Fsp3) is 0.200. The van der Waals surface area contributed by atoms with Crippen LogP contribution in [0.2, 0.25) is 0 Å². The standard InChI is InChI=1S/C10H10BrNO.BrH/c1-7-2-3-12-6-9(11)10(13)5-8(12)4-7;/h2-5,13H,6H2,1H3;1H. The van der Waals surface area contributed by atoms with Crippen LogP contribution in [0.4, 0.5) is 0 Å². The molecule has 2 rings (SSSR count). The lowest BCUT2D eigenvalue weighted by Crippen LogP contribution is -3.06. The largest absolute Gasteiger partial charge is 1.00 e. The van der Waals surface area contributed by atoms with E-state index in [1.165, 1.54) is 10.5 Å². The van der Waals surface area contributed by atoms with Crippen LogP contribution >= 0.6 is 15.9 Å². The first-order valence-corrected chi connectivity index (χ1v) is 4.98. The van der Waals surface area contributed by atoms with Crippen LogP contribution in [-0.4, -0.2) is 11.7 Å². The van der Waals surface area contributed by atoms with Gasteiger partial charge in [0.2, 0.25) is 0 Å². The number of halogens is 2. The lowest BCUT2D eigenvalue weighted by Gasteiger charge is -2.22. The molecule has 0 amide bonds. The number of rotatable bonds is 0. The molecule has 4 heteroatoms. The first-order chi connectivity index (χ1) is 6.16. The Kier molecular flexibility index (Phi) is 3.75. The zero-order chi connectivity index (χ0) is 9.42. The van der Waals surface area contributed by atoms with Crippen molar-refractivity contribution < 1.29 is 27.0 Å². The zero-order valence-electron chi connectivity index (χ0n) is 7.72. The second-order valence-corrected chi connectivity index (χ2v) is 4.27. The number of hydrogen-bond acceptors (Lipinski definition) is 1. The van der Waals surface area contributed by atoms with Crippen molar-refractivity contribution in [2.24, 2.45) is 0 Å². The molecule has 0 saturated carbocycles. The molecule has 0 fully saturated rings.